The number of carbonyl (C=O) groups is 1. The lowest BCUT2D eigenvalue weighted by Gasteiger charge is -2.26. The van der Waals surface area contributed by atoms with Gasteiger partial charge in [-0.1, -0.05) is 19.9 Å². The quantitative estimate of drug-likeness (QED) is 0.813. The van der Waals surface area contributed by atoms with Gasteiger partial charge in [-0.05, 0) is 25.0 Å². The normalized spacial score (nSPS) is 11.9. The number of nitrogens with two attached hydrogens (primary N) is 1. The van der Waals surface area contributed by atoms with Gasteiger partial charge in [-0.15, -0.1) is 11.3 Å². The fraction of sp³-hybridized carbons (Fsp3) is 0.471. The summed E-state index contributed by atoms with van der Waals surface area (Å²) >= 11 is 1.28. The first kappa shape index (κ1) is 17.8. The Balaban J connectivity index is 2.33. The lowest BCUT2D eigenvalue weighted by atomic mass is 9.94. The summed E-state index contributed by atoms with van der Waals surface area (Å²) in [6, 6.07) is 4.85. The fourth-order valence-electron chi connectivity index (χ4n) is 2.47. The summed E-state index contributed by atoms with van der Waals surface area (Å²) in [5.74, 6) is -0.561. The molecule has 0 atom stereocenters. The second-order valence-corrected chi connectivity index (χ2v) is 6.76. The second kappa shape index (κ2) is 7.38. The molecule has 1 aromatic carbocycles. The number of hydrogen-bond donors (Lipinski definition) is 2. The van der Waals surface area contributed by atoms with E-state index in [1.54, 1.807) is 6.07 Å². The highest BCUT2D eigenvalue weighted by molar-refractivity contribution is 7.21. The Hall–Kier alpha value is -1.50. The van der Waals surface area contributed by atoms with E-state index in [2.05, 4.69) is 5.32 Å². The first-order chi connectivity index (χ1) is 11.0. The van der Waals surface area contributed by atoms with E-state index in [-0.39, 0.29) is 18.3 Å². The monoisotopic (exact) mass is 338 g/mol. The number of hydrogen-bond acceptors (Lipinski definition) is 4. The predicted molar refractivity (Wildman–Crippen MR) is 92.3 cm³/mol. The largest absolute Gasteiger partial charge is 0.380 e. The standard InChI is InChI=1S/C17H23FN2O2S/c1-4-17(19,5-2)10-20-16(21)15-11(9-22-3)14-12(18)7-6-8-13(14)23-15/h6-8H,4-5,9-10,19H2,1-3H3,(H,20,21). The number of rotatable bonds is 7. The molecule has 23 heavy (non-hydrogen) atoms. The van der Waals surface area contributed by atoms with Crippen LogP contribution >= 0.6 is 11.3 Å². The summed E-state index contributed by atoms with van der Waals surface area (Å²) < 4.78 is 20.0. The number of carbonyl (C=O) groups excluding carboxylic acids is 1. The third-order valence-corrected chi connectivity index (χ3v) is 5.46. The van der Waals surface area contributed by atoms with Crippen molar-refractivity contribution in [3.63, 3.8) is 0 Å². The maximum absolute atomic E-state index is 14.1. The summed E-state index contributed by atoms with van der Waals surface area (Å²) in [4.78, 5) is 13.1. The lowest BCUT2D eigenvalue weighted by molar-refractivity contribution is 0.0942. The molecule has 1 aromatic heterocycles. The summed E-state index contributed by atoms with van der Waals surface area (Å²) in [5.41, 5.74) is 6.40. The molecule has 0 spiro atoms. The first-order valence-electron chi connectivity index (χ1n) is 7.71. The smallest absolute Gasteiger partial charge is 0.261 e. The minimum atomic E-state index is -0.418. The molecule has 0 fully saturated rings. The minimum Gasteiger partial charge on any atom is -0.380 e. The highest BCUT2D eigenvalue weighted by atomic mass is 32.1. The van der Waals surface area contributed by atoms with Gasteiger partial charge in [0.15, 0.2) is 0 Å². The molecular weight excluding hydrogens is 315 g/mol. The summed E-state index contributed by atoms with van der Waals surface area (Å²) in [6.07, 6.45) is 1.55. The Morgan fingerprint density at radius 3 is 2.70 bits per heavy atom. The molecular formula is C17H23FN2O2S. The topological polar surface area (TPSA) is 64.3 Å². The molecule has 2 aromatic rings. The summed E-state index contributed by atoms with van der Waals surface area (Å²) in [7, 11) is 1.53. The van der Waals surface area contributed by atoms with Crippen LogP contribution in [-0.2, 0) is 11.3 Å². The molecule has 0 radical (unpaired) electrons. The van der Waals surface area contributed by atoms with E-state index < -0.39 is 5.54 Å². The number of ether oxygens (including phenoxy) is 1. The number of methoxy groups -OCH3 is 1. The average Bonchev–Trinajstić information content (AvgIpc) is 2.93. The van der Waals surface area contributed by atoms with E-state index in [4.69, 9.17) is 10.5 Å². The van der Waals surface area contributed by atoms with E-state index in [9.17, 15) is 9.18 Å². The van der Waals surface area contributed by atoms with Gasteiger partial charge in [0.1, 0.15) is 5.82 Å². The number of benzene rings is 1. The van der Waals surface area contributed by atoms with Crippen molar-refractivity contribution in [2.75, 3.05) is 13.7 Å². The molecule has 0 saturated carbocycles. The minimum absolute atomic E-state index is 0.193. The lowest BCUT2D eigenvalue weighted by Crippen LogP contribution is -2.49. The van der Waals surface area contributed by atoms with Crippen molar-refractivity contribution in [1.82, 2.24) is 5.32 Å². The number of halogens is 1. The van der Waals surface area contributed by atoms with Crippen molar-refractivity contribution in [3.05, 3.63) is 34.5 Å². The number of nitrogens with one attached hydrogen (secondary N) is 1. The summed E-state index contributed by atoms with van der Waals surface area (Å²) in [6.45, 7) is 4.59. The first-order valence-corrected chi connectivity index (χ1v) is 8.53. The van der Waals surface area contributed by atoms with Crippen molar-refractivity contribution in [2.24, 2.45) is 5.73 Å². The number of amides is 1. The third-order valence-electron chi connectivity index (χ3n) is 4.27. The highest BCUT2D eigenvalue weighted by Gasteiger charge is 2.24. The van der Waals surface area contributed by atoms with E-state index >= 15 is 0 Å². The Kier molecular flexibility index (Phi) is 5.73. The van der Waals surface area contributed by atoms with Gasteiger partial charge in [0.25, 0.3) is 5.91 Å². The van der Waals surface area contributed by atoms with Crippen LogP contribution in [0.1, 0.15) is 41.9 Å². The van der Waals surface area contributed by atoms with Crippen molar-refractivity contribution in [3.8, 4) is 0 Å². The molecule has 6 heteroatoms. The third kappa shape index (κ3) is 3.71. The van der Waals surface area contributed by atoms with Crippen LogP contribution < -0.4 is 11.1 Å². The van der Waals surface area contributed by atoms with Gasteiger partial charge >= 0.3 is 0 Å². The number of fused-ring (bicyclic) bond motifs is 1. The molecule has 0 aliphatic rings. The highest BCUT2D eigenvalue weighted by Crippen LogP contribution is 2.33. The second-order valence-electron chi connectivity index (χ2n) is 5.71. The molecule has 126 valence electrons. The molecule has 1 amide bonds. The zero-order valence-corrected chi connectivity index (χ0v) is 14.6. The molecule has 0 saturated heterocycles. The van der Waals surface area contributed by atoms with Crippen LogP contribution in [0.15, 0.2) is 18.2 Å². The van der Waals surface area contributed by atoms with Crippen LogP contribution in [0.4, 0.5) is 4.39 Å². The van der Waals surface area contributed by atoms with E-state index in [0.29, 0.717) is 22.4 Å². The van der Waals surface area contributed by atoms with Crippen LogP contribution in [0.5, 0.6) is 0 Å². The van der Waals surface area contributed by atoms with Crippen LogP contribution in [0, 0.1) is 5.82 Å². The van der Waals surface area contributed by atoms with Gasteiger partial charge in [0, 0.05) is 34.8 Å². The van der Waals surface area contributed by atoms with Crippen molar-refractivity contribution in [1.29, 1.82) is 0 Å². The van der Waals surface area contributed by atoms with E-state index in [1.807, 2.05) is 19.9 Å². The molecule has 2 rings (SSSR count). The van der Waals surface area contributed by atoms with Gasteiger partial charge in [-0.25, -0.2) is 4.39 Å². The van der Waals surface area contributed by atoms with Gasteiger partial charge < -0.3 is 15.8 Å². The van der Waals surface area contributed by atoms with Crippen LogP contribution in [0.2, 0.25) is 0 Å². The average molecular weight is 338 g/mol. The Morgan fingerprint density at radius 1 is 1.39 bits per heavy atom. The van der Waals surface area contributed by atoms with Gasteiger partial charge in [-0.3, -0.25) is 4.79 Å². The van der Waals surface area contributed by atoms with Gasteiger partial charge in [-0.2, -0.15) is 0 Å². The zero-order chi connectivity index (χ0) is 17.0. The summed E-state index contributed by atoms with van der Waals surface area (Å²) in [5, 5.41) is 3.36. The maximum atomic E-state index is 14.1. The van der Waals surface area contributed by atoms with Crippen molar-refractivity contribution in [2.45, 2.75) is 38.8 Å². The molecule has 3 N–H and O–H groups in total. The zero-order valence-electron chi connectivity index (χ0n) is 13.7. The Bertz CT molecular complexity index is 695. The molecule has 0 unspecified atom stereocenters. The maximum Gasteiger partial charge on any atom is 0.261 e. The van der Waals surface area contributed by atoms with Crippen LogP contribution in [-0.4, -0.2) is 25.1 Å². The predicted octanol–water partition coefficient (Wildman–Crippen LogP) is 3.43. The number of thiophene rings is 1. The van der Waals surface area contributed by atoms with Gasteiger partial charge in [0.2, 0.25) is 0 Å². The van der Waals surface area contributed by atoms with E-state index in [0.717, 1.165) is 17.5 Å². The van der Waals surface area contributed by atoms with Crippen LogP contribution in [0.3, 0.4) is 0 Å². The molecule has 0 bridgehead atoms. The van der Waals surface area contributed by atoms with Crippen LogP contribution in [0.25, 0.3) is 10.1 Å². The molecule has 0 aliphatic carbocycles. The van der Waals surface area contributed by atoms with E-state index in [1.165, 1.54) is 24.5 Å². The fourth-order valence-corrected chi connectivity index (χ4v) is 3.61. The Morgan fingerprint density at radius 2 is 2.09 bits per heavy atom. The molecule has 4 nitrogen and oxygen atoms in total. The molecule has 1 heterocycles. The van der Waals surface area contributed by atoms with Crippen molar-refractivity contribution >= 4 is 27.3 Å². The SMILES string of the molecule is CCC(N)(CC)CNC(=O)c1sc2cccc(F)c2c1COC. The van der Waals surface area contributed by atoms with Crippen molar-refractivity contribution < 1.29 is 13.9 Å². The molecule has 0 aliphatic heterocycles. The van der Waals surface area contributed by atoms with Gasteiger partial charge in [0.05, 0.1) is 11.5 Å². The Labute approximate surface area is 139 Å².